The Morgan fingerprint density at radius 3 is 2.39 bits per heavy atom. The van der Waals surface area contributed by atoms with Gasteiger partial charge in [0, 0.05) is 20.1 Å². The Bertz CT molecular complexity index is 931. The largest absolute Gasteiger partial charge is 0.495 e. The highest BCUT2D eigenvalue weighted by Gasteiger charge is 2.20. The lowest BCUT2D eigenvalue weighted by atomic mass is 10.1. The topological polar surface area (TPSA) is 87.7 Å². The monoisotopic (exact) mass is 409 g/mol. The van der Waals surface area contributed by atoms with Crippen LogP contribution in [-0.4, -0.2) is 46.4 Å². The summed E-state index contributed by atoms with van der Waals surface area (Å²) in [5, 5.41) is 5.70. The van der Waals surface area contributed by atoms with Gasteiger partial charge in [-0.25, -0.2) is 17.1 Å². The maximum atomic E-state index is 13.0. The van der Waals surface area contributed by atoms with Crippen molar-refractivity contribution >= 4 is 21.6 Å². The second kappa shape index (κ2) is 9.13. The first-order valence-electron chi connectivity index (χ1n) is 8.54. The number of anilines is 1. The molecule has 0 spiro atoms. The normalized spacial score (nSPS) is 12.6. The molecule has 1 amide bonds. The van der Waals surface area contributed by atoms with Crippen LogP contribution in [0.1, 0.15) is 18.5 Å². The molecule has 1 unspecified atom stereocenters. The van der Waals surface area contributed by atoms with E-state index < -0.39 is 10.0 Å². The first kappa shape index (κ1) is 21.8. The van der Waals surface area contributed by atoms with Crippen molar-refractivity contribution in [1.82, 2.24) is 9.62 Å². The standard InChI is InChI=1S/C19H24FN3O4S/c1-13(14-5-7-15(20)8-6-14)21-12-19(24)22-17-11-16(9-10-18(17)27-4)28(25,26)23(2)3/h5-11,13,21H,12H2,1-4H3,(H,22,24). The van der Waals surface area contributed by atoms with Crippen LogP contribution in [0.25, 0.3) is 0 Å². The van der Waals surface area contributed by atoms with Crippen molar-refractivity contribution < 1.29 is 22.3 Å². The number of halogens is 1. The number of hydrogen-bond acceptors (Lipinski definition) is 5. The molecule has 0 aliphatic rings. The lowest BCUT2D eigenvalue weighted by molar-refractivity contribution is -0.115. The smallest absolute Gasteiger partial charge is 0.242 e. The molecule has 9 heteroatoms. The highest BCUT2D eigenvalue weighted by atomic mass is 32.2. The maximum Gasteiger partial charge on any atom is 0.242 e. The molecule has 0 aliphatic heterocycles. The molecule has 2 aromatic carbocycles. The summed E-state index contributed by atoms with van der Waals surface area (Å²) in [7, 11) is 0.644. The van der Waals surface area contributed by atoms with E-state index in [4.69, 9.17) is 4.74 Å². The molecule has 0 saturated carbocycles. The van der Waals surface area contributed by atoms with E-state index in [1.165, 1.54) is 51.5 Å². The van der Waals surface area contributed by atoms with Gasteiger partial charge in [0.25, 0.3) is 0 Å². The Kier molecular flexibility index (Phi) is 7.11. The van der Waals surface area contributed by atoms with E-state index in [-0.39, 0.29) is 34.9 Å². The van der Waals surface area contributed by atoms with E-state index >= 15 is 0 Å². The van der Waals surface area contributed by atoms with E-state index in [2.05, 4.69) is 10.6 Å². The van der Waals surface area contributed by atoms with Gasteiger partial charge >= 0.3 is 0 Å². The number of nitrogens with one attached hydrogen (secondary N) is 2. The van der Waals surface area contributed by atoms with E-state index in [9.17, 15) is 17.6 Å². The summed E-state index contributed by atoms with van der Waals surface area (Å²) < 4.78 is 43.9. The molecule has 0 heterocycles. The molecule has 2 N–H and O–H groups in total. The van der Waals surface area contributed by atoms with Crippen LogP contribution in [0, 0.1) is 5.82 Å². The average molecular weight is 409 g/mol. The number of ether oxygens (including phenoxy) is 1. The van der Waals surface area contributed by atoms with Gasteiger partial charge in [-0.2, -0.15) is 0 Å². The zero-order valence-electron chi connectivity index (χ0n) is 16.2. The van der Waals surface area contributed by atoms with Gasteiger partial charge in [0.05, 0.1) is 24.2 Å². The summed E-state index contributed by atoms with van der Waals surface area (Å²) >= 11 is 0. The summed E-state index contributed by atoms with van der Waals surface area (Å²) in [4.78, 5) is 12.4. The minimum atomic E-state index is -3.65. The van der Waals surface area contributed by atoms with Crippen molar-refractivity contribution in [2.24, 2.45) is 0 Å². The lowest BCUT2D eigenvalue weighted by Crippen LogP contribution is -2.30. The fraction of sp³-hybridized carbons (Fsp3) is 0.316. The maximum absolute atomic E-state index is 13.0. The molecule has 28 heavy (non-hydrogen) atoms. The van der Waals surface area contributed by atoms with Gasteiger partial charge in [0.2, 0.25) is 15.9 Å². The Hall–Kier alpha value is -2.49. The molecule has 2 aromatic rings. The molecule has 1 atom stereocenters. The number of nitrogens with zero attached hydrogens (tertiary/aromatic N) is 1. The van der Waals surface area contributed by atoms with Crippen molar-refractivity contribution in [2.45, 2.75) is 17.9 Å². The summed E-state index contributed by atoms with van der Waals surface area (Å²) in [5.41, 5.74) is 1.09. The second-order valence-corrected chi connectivity index (χ2v) is 8.50. The number of benzene rings is 2. The number of amides is 1. The van der Waals surface area contributed by atoms with Crippen LogP contribution in [0.15, 0.2) is 47.4 Å². The number of carbonyl (C=O) groups is 1. The minimum absolute atomic E-state index is 0.0215. The number of sulfonamides is 1. The Morgan fingerprint density at radius 2 is 1.82 bits per heavy atom. The Labute approximate surface area is 164 Å². The SMILES string of the molecule is COc1ccc(S(=O)(=O)N(C)C)cc1NC(=O)CNC(C)c1ccc(F)cc1. The van der Waals surface area contributed by atoms with Crippen LogP contribution in [0.5, 0.6) is 5.75 Å². The molecule has 0 saturated heterocycles. The van der Waals surface area contributed by atoms with Crippen molar-refractivity contribution in [3.63, 3.8) is 0 Å². The van der Waals surface area contributed by atoms with Crippen molar-refractivity contribution in [2.75, 3.05) is 33.1 Å². The van der Waals surface area contributed by atoms with Gasteiger partial charge in [0.15, 0.2) is 0 Å². The van der Waals surface area contributed by atoms with Gasteiger partial charge < -0.3 is 15.4 Å². The predicted molar refractivity (Wildman–Crippen MR) is 105 cm³/mol. The van der Waals surface area contributed by atoms with Gasteiger partial charge in [-0.3, -0.25) is 4.79 Å². The van der Waals surface area contributed by atoms with E-state index in [0.29, 0.717) is 5.75 Å². The number of hydrogen-bond donors (Lipinski definition) is 2. The Morgan fingerprint density at radius 1 is 1.18 bits per heavy atom. The lowest BCUT2D eigenvalue weighted by Gasteiger charge is -2.16. The van der Waals surface area contributed by atoms with Crippen LogP contribution in [0.3, 0.4) is 0 Å². The molecule has 2 rings (SSSR count). The van der Waals surface area contributed by atoms with Gasteiger partial charge in [-0.1, -0.05) is 12.1 Å². The fourth-order valence-corrected chi connectivity index (χ4v) is 3.39. The van der Waals surface area contributed by atoms with E-state index in [1.54, 1.807) is 12.1 Å². The molecular formula is C19H24FN3O4S. The molecule has 0 aromatic heterocycles. The molecule has 7 nitrogen and oxygen atoms in total. The third-order valence-electron chi connectivity index (χ3n) is 4.16. The summed E-state index contributed by atoms with van der Waals surface area (Å²) in [5.74, 6) is -0.349. The summed E-state index contributed by atoms with van der Waals surface area (Å²) in [6.45, 7) is 1.83. The molecule has 0 radical (unpaired) electrons. The molecule has 152 valence electrons. The first-order valence-corrected chi connectivity index (χ1v) is 9.98. The average Bonchev–Trinajstić information content (AvgIpc) is 2.66. The predicted octanol–water partition coefficient (Wildman–Crippen LogP) is 2.37. The van der Waals surface area contributed by atoms with Gasteiger partial charge in [-0.05, 0) is 42.8 Å². The zero-order chi connectivity index (χ0) is 20.9. The van der Waals surface area contributed by atoms with Crippen LogP contribution in [0.4, 0.5) is 10.1 Å². The third kappa shape index (κ3) is 5.28. The minimum Gasteiger partial charge on any atom is -0.495 e. The molecule has 0 fully saturated rings. The van der Waals surface area contributed by atoms with Gasteiger partial charge in [-0.15, -0.1) is 0 Å². The van der Waals surface area contributed by atoms with Crippen LogP contribution >= 0.6 is 0 Å². The molecule has 0 bridgehead atoms. The van der Waals surface area contributed by atoms with Crippen molar-refractivity contribution in [1.29, 1.82) is 0 Å². The van der Waals surface area contributed by atoms with Crippen LogP contribution < -0.4 is 15.4 Å². The quantitative estimate of drug-likeness (QED) is 0.699. The zero-order valence-corrected chi connectivity index (χ0v) is 17.0. The number of methoxy groups -OCH3 is 1. The first-order chi connectivity index (χ1) is 13.1. The summed E-state index contributed by atoms with van der Waals surface area (Å²) in [6.07, 6.45) is 0. The Balaban J connectivity index is 2.09. The van der Waals surface area contributed by atoms with E-state index in [0.717, 1.165) is 9.87 Å². The molecular weight excluding hydrogens is 385 g/mol. The second-order valence-electron chi connectivity index (χ2n) is 6.35. The number of carbonyl (C=O) groups excluding carboxylic acids is 1. The highest BCUT2D eigenvalue weighted by Crippen LogP contribution is 2.28. The van der Waals surface area contributed by atoms with Crippen LogP contribution in [-0.2, 0) is 14.8 Å². The number of rotatable bonds is 8. The van der Waals surface area contributed by atoms with Gasteiger partial charge in [0.1, 0.15) is 11.6 Å². The van der Waals surface area contributed by atoms with Crippen molar-refractivity contribution in [3.05, 3.63) is 53.8 Å². The third-order valence-corrected chi connectivity index (χ3v) is 5.97. The van der Waals surface area contributed by atoms with Crippen molar-refractivity contribution in [3.8, 4) is 5.75 Å². The van der Waals surface area contributed by atoms with E-state index in [1.807, 2.05) is 6.92 Å². The fourth-order valence-electron chi connectivity index (χ4n) is 2.47. The summed E-state index contributed by atoms with van der Waals surface area (Å²) in [6, 6.07) is 10.1. The molecule has 0 aliphatic carbocycles. The highest BCUT2D eigenvalue weighted by molar-refractivity contribution is 7.89. The van der Waals surface area contributed by atoms with Crippen LogP contribution in [0.2, 0.25) is 0 Å².